The van der Waals surface area contributed by atoms with Gasteiger partial charge in [-0.05, 0) is 17.7 Å². The maximum absolute atomic E-state index is 12.5. The smallest absolute Gasteiger partial charge is 0.277 e. The lowest BCUT2D eigenvalue weighted by Crippen LogP contribution is -2.29. The van der Waals surface area contributed by atoms with Gasteiger partial charge >= 0.3 is 0 Å². The van der Waals surface area contributed by atoms with Crippen LogP contribution in [0.25, 0.3) is 5.78 Å². The number of benzene rings is 1. The van der Waals surface area contributed by atoms with Crippen LogP contribution in [0.4, 0.5) is 0 Å². The van der Waals surface area contributed by atoms with Gasteiger partial charge in [-0.2, -0.15) is 9.61 Å². The standard InChI is InChI=1S/C14H15N5O3/c1-22-11-4-2-10(3-5-11)8-12-13(21)18(6-7-20)14-16-15-9-19(14)17-12/h2-5,9,20H,6-8H2,1H3. The molecule has 0 radical (unpaired) electrons. The summed E-state index contributed by atoms with van der Waals surface area (Å²) in [5, 5.41) is 21.0. The Hall–Kier alpha value is -2.74. The summed E-state index contributed by atoms with van der Waals surface area (Å²) in [5.41, 5.74) is 1.03. The second-order valence-electron chi connectivity index (χ2n) is 4.73. The minimum atomic E-state index is -0.273. The number of methoxy groups -OCH3 is 1. The monoisotopic (exact) mass is 301 g/mol. The Balaban J connectivity index is 2.02. The molecule has 1 N–H and O–H groups in total. The van der Waals surface area contributed by atoms with Crippen LogP contribution in [0.15, 0.2) is 35.4 Å². The summed E-state index contributed by atoms with van der Waals surface area (Å²) in [5.74, 6) is 1.07. The van der Waals surface area contributed by atoms with Crippen molar-refractivity contribution in [1.82, 2.24) is 24.4 Å². The lowest BCUT2D eigenvalue weighted by atomic mass is 10.1. The molecule has 8 nitrogen and oxygen atoms in total. The number of fused-ring (bicyclic) bond motifs is 1. The van der Waals surface area contributed by atoms with Crippen molar-refractivity contribution >= 4 is 5.78 Å². The predicted octanol–water partition coefficient (Wildman–Crippen LogP) is -0.122. The zero-order valence-corrected chi connectivity index (χ0v) is 12.0. The highest BCUT2D eigenvalue weighted by atomic mass is 16.5. The maximum atomic E-state index is 12.5. The molecule has 0 saturated heterocycles. The Morgan fingerprint density at radius 3 is 2.73 bits per heavy atom. The highest BCUT2D eigenvalue weighted by Gasteiger charge is 2.13. The maximum Gasteiger partial charge on any atom is 0.277 e. The highest BCUT2D eigenvalue weighted by molar-refractivity contribution is 5.31. The van der Waals surface area contributed by atoms with E-state index in [1.54, 1.807) is 7.11 Å². The van der Waals surface area contributed by atoms with Crippen LogP contribution in [-0.4, -0.2) is 43.2 Å². The van der Waals surface area contributed by atoms with E-state index >= 15 is 0 Å². The molecule has 0 aliphatic heterocycles. The van der Waals surface area contributed by atoms with Crippen LogP contribution in [0, 0.1) is 0 Å². The van der Waals surface area contributed by atoms with Crippen molar-refractivity contribution in [2.75, 3.05) is 13.7 Å². The first-order chi connectivity index (χ1) is 10.7. The molecule has 2 aromatic heterocycles. The molecule has 1 aromatic carbocycles. The van der Waals surface area contributed by atoms with Crippen LogP contribution in [0.1, 0.15) is 11.3 Å². The van der Waals surface area contributed by atoms with Crippen molar-refractivity contribution in [3.63, 3.8) is 0 Å². The molecule has 0 saturated carbocycles. The first-order valence-corrected chi connectivity index (χ1v) is 6.76. The van der Waals surface area contributed by atoms with E-state index in [0.29, 0.717) is 17.9 Å². The summed E-state index contributed by atoms with van der Waals surface area (Å²) in [6.07, 6.45) is 1.81. The third-order valence-electron chi connectivity index (χ3n) is 3.33. The number of ether oxygens (including phenoxy) is 1. The second-order valence-corrected chi connectivity index (χ2v) is 4.73. The van der Waals surface area contributed by atoms with Gasteiger partial charge in [-0.25, -0.2) is 0 Å². The third kappa shape index (κ3) is 2.56. The Kier molecular flexibility index (Phi) is 3.84. The van der Waals surface area contributed by atoms with Crippen LogP contribution in [0.3, 0.4) is 0 Å². The number of aromatic nitrogens is 5. The van der Waals surface area contributed by atoms with E-state index in [1.165, 1.54) is 15.4 Å². The number of rotatable bonds is 5. The molecule has 0 fully saturated rings. The quantitative estimate of drug-likeness (QED) is 0.706. The minimum absolute atomic E-state index is 0.152. The van der Waals surface area contributed by atoms with Gasteiger partial charge in [0.1, 0.15) is 17.8 Å². The van der Waals surface area contributed by atoms with Crippen LogP contribution in [0.2, 0.25) is 0 Å². The molecular formula is C14H15N5O3. The SMILES string of the molecule is COc1ccc(Cc2nn3cnnc3n(CCO)c2=O)cc1. The Bertz CT molecular complexity index is 838. The van der Waals surface area contributed by atoms with Crippen molar-refractivity contribution in [2.45, 2.75) is 13.0 Å². The third-order valence-corrected chi connectivity index (χ3v) is 3.33. The first kappa shape index (κ1) is 14.2. The second kappa shape index (κ2) is 5.94. The van der Waals surface area contributed by atoms with Gasteiger partial charge in [-0.15, -0.1) is 10.2 Å². The van der Waals surface area contributed by atoms with E-state index in [0.717, 1.165) is 11.3 Å². The van der Waals surface area contributed by atoms with Gasteiger partial charge in [-0.3, -0.25) is 9.36 Å². The van der Waals surface area contributed by atoms with Crippen LogP contribution in [-0.2, 0) is 13.0 Å². The molecule has 0 spiro atoms. The molecule has 0 atom stereocenters. The van der Waals surface area contributed by atoms with Crippen LogP contribution >= 0.6 is 0 Å². The fourth-order valence-corrected chi connectivity index (χ4v) is 2.24. The van der Waals surface area contributed by atoms with E-state index in [-0.39, 0.29) is 18.7 Å². The average Bonchev–Trinajstić information content (AvgIpc) is 3.00. The highest BCUT2D eigenvalue weighted by Crippen LogP contribution is 2.13. The van der Waals surface area contributed by atoms with Gasteiger partial charge in [0.15, 0.2) is 0 Å². The molecule has 0 aliphatic rings. The summed E-state index contributed by atoms with van der Waals surface area (Å²) < 4.78 is 7.93. The Morgan fingerprint density at radius 1 is 1.27 bits per heavy atom. The summed E-state index contributed by atoms with van der Waals surface area (Å²) >= 11 is 0. The summed E-state index contributed by atoms with van der Waals surface area (Å²) in [7, 11) is 1.60. The summed E-state index contributed by atoms with van der Waals surface area (Å²) in [4.78, 5) is 12.5. The molecule has 2 heterocycles. The number of hydrogen-bond donors (Lipinski definition) is 1. The average molecular weight is 301 g/mol. The molecule has 0 unspecified atom stereocenters. The fraction of sp³-hybridized carbons (Fsp3) is 0.286. The van der Waals surface area contributed by atoms with Crippen molar-refractivity contribution in [3.8, 4) is 5.75 Å². The van der Waals surface area contributed by atoms with E-state index in [4.69, 9.17) is 9.84 Å². The molecule has 3 rings (SSSR count). The molecule has 3 aromatic rings. The Morgan fingerprint density at radius 2 is 2.05 bits per heavy atom. The summed E-state index contributed by atoms with van der Waals surface area (Å²) in [6, 6.07) is 7.43. The molecule has 22 heavy (non-hydrogen) atoms. The predicted molar refractivity (Wildman–Crippen MR) is 77.9 cm³/mol. The molecule has 8 heteroatoms. The van der Waals surface area contributed by atoms with Gasteiger partial charge in [0.2, 0.25) is 0 Å². The molecule has 114 valence electrons. The minimum Gasteiger partial charge on any atom is -0.497 e. The van der Waals surface area contributed by atoms with Gasteiger partial charge < -0.3 is 9.84 Å². The van der Waals surface area contributed by atoms with Gasteiger partial charge in [-0.1, -0.05) is 12.1 Å². The Labute approximate surface area is 125 Å². The van der Waals surface area contributed by atoms with E-state index < -0.39 is 0 Å². The normalized spacial score (nSPS) is 11.0. The van der Waals surface area contributed by atoms with Crippen molar-refractivity contribution < 1.29 is 9.84 Å². The molecular weight excluding hydrogens is 286 g/mol. The zero-order valence-electron chi connectivity index (χ0n) is 12.0. The van der Waals surface area contributed by atoms with Crippen molar-refractivity contribution in [2.24, 2.45) is 0 Å². The number of aliphatic hydroxyl groups is 1. The van der Waals surface area contributed by atoms with Crippen LogP contribution in [0.5, 0.6) is 5.75 Å². The zero-order chi connectivity index (χ0) is 15.5. The van der Waals surface area contributed by atoms with E-state index in [1.807, 2.05) is 24.3 Å². The summed E-state index contributed by atoms with van der Waals surface area (Å²) in [6.45, 7) is -0.00637. The fourth-order valence-electron chi connectivity index (χ4n) is 2.24. The largest absolute Gasteiger partial charge is 0.497 e. The van der Waals surface area contributed by atoms with Crippen molar-refractivity contribution in [3.05, 3.63) is 52.2 Å². The van der Waals surface area contributed by atoms with Gasteiger partial charge in [0.25, 0.3) is 11.3 Å². The number of nitrogens with zero attached hydrogens (tertiary/aromatic N) is 5. The lowest BCUT2D eigenvalue weighted by Gasteiger charge is -2.08. The van der Waals surface area contributed by atoms with Crippen molar-refractivity contribution in [1.29, 1.82) is 0 Å². The lowest BCUT2D eigenvalue weighted by molar-refractivity contribution is 0.274. The molecule has 0 bridgehead atoms. The van der Waals surface area contributed by atoms with Gasteiger partial charge in [0, 0.05) is 6.42 Å². The van der Waals surface area contributed by atoms with Crippen LogP contribution < -0.4 is 10.3 Å². The number of hydrogen-bond acceptors (Lipinski definition) is 6. The van der Waals surface area contributed by atoms with E-state index in [9.17, 15) is 4.79 Å². The van der Waals surface area contributed by atoms with E-state index in [2.05, 4.69) is 15.3 Å². The topological polar surface area (TPSA) is 94.5 Å². The van der Waals surface area contributed by atoms with Gasteiger partial charge in [0.05, 0.1) is 20.3 Å². The first-order valence-electron chi connectivity index (χ1n) is 6.76. The molecule has 0 amide bonds. The number of aliphatic hydroxyl groups excluding tert-OH is 1. The molecule has 0 aliphatic carbocycles.